The Morgan fingerprint density at radius 2 is 1.53 bits per heavy atom. The lowest BCUT2D eigenvalue weighted by Gasteiger charge is -2.41. The zero-order valence-corrected chi connectivity index (χ0v) is 8.80. The molecule has 0 aromatic carbocycles. The third-order valence-electron chi connectivity index (χ3n) is 3.44. The van der Waals surface area contributed by atoms with Crippen LogP contribution in [-0.4, -0.2) is 35.5 Å². The lowest BCUT2D eigenvalue weighted by atomic mass is 9.82. The Kier molecular flexibility index (Phi) is 2.64. The van der Waals surface area contributed by atoms with Crippen LogP contribution in [0.3, 0.4) is 0 Å². The van der Waals surface area contributed by atoms with Gasteiger partial charge >= 0.3 is 12.4 Å². The molecule has 0 aromatic heterocycles. The highest BCUT2D eigenvalue weighted by atomic mass is 35.5. The van der Waals surface area contributed by atoms with Gasteiger partial charge in [0.1, 0.15) is 6.17 Å². The number of piperidine rings is 1. The average molecular weight is 286 g/mol. The largest absolute Gasteiger partial charge is 0.415 e. The maximum atomic E-state index is 13.1. The van der Waals surface area contributed by atoms with E-state index in [1.165, 1.54) is 5.32 Å². The van der Waals surface area contributed by atoms with Gasteiger partial charge in [-0.25, -0.2) is 4.39 Å². The van der Waals surface area contributed by atoms with Crippen molar-refractivity contribution in [3.05, 3.63) is 0 Å². The van der Waals surface area contributed by atoms with E-state index in [9.17, 15) is 30.7 Å². The van der Waals surface area contributed by atoms with Crippen LogP contribution in [0.5, 0.6) is 0 Å². The second-order valence-corrected chi connectivity index (χ2v) is 4.78. The van der Waals surface area contributed by atoms with Crippen LogP contribution in [0.15, 0.2) is 0 Å². The van der Waals surface area contributed by atoms with Gasteiger partial charge in [-0.1, -0.05) is 0 Å². The highest BCUT2D eigenvalue weighted by Gasteiger charge is 2.81. The summed E-state index contributed by atoms with van der Waals surface area (Å²) in [4.78, 5) is 0. The molecule has 2 bridgehead atoms. The number of halogens is 8. The van der Waals surface area contributed by atoms with E-state index in [1.54, 1.807) is 0 Å². The molecule has 1 aliphatic carbocycles. The van der Waals surface area contributed by atoms with Gasteiger partial charge < -0.3 is 0 Å². The lowest BCUT2D eigenvalue weighted by Crippen LogP contribution is -2.70. The van der Waals surface area contributed by atoms with Crippen LogP contribution in [-0.2, 0) is 0 Å². The van der Waals surface area contributed by atoms with Crippen LogP contribution in [0.2, 0.25) is 0 Å². The van der Waals surface area contributed by atoms with E-state index in [-0.39, 0.29) is 0 Å². The summed E-state index contributed by atoms with van der Waals surface area (Å²) >= 11 is 5.46. The minimum Gasteiger partial charge on any atom is -0.289 e. The third-order valence-corrected chi connectivity index (χ3v) is 4.02. The molecule has 0 radical (unpaired) electrons. The molecule has 2 aliphatic rings. The lowest BCUT2D eigenvalue weighted by molar-refractivity contribution is -0.320. The molecule has 1 saturated carbocycles. The Hall–Kier alpha value is -0.240. The summed E-state index contributed by atoms with van der Waals surface area (Å²) in [5.74, 6) is -2.02. The van der Waals surface area contributed by atoms with Crippen molar-refractivity contribution in [1.29, 1.82) is 0 Å². The second-order valence-electron chi connectivity index (χ2n) is 4.28. The van der Waals surface area contributed by atoms with Crippen LogP contribution in [0.1, 0.15) is 6.42 Å². The highest BCUT2D eigenvalue weighted by Crippen LogP contribution is 2.58. The Bertz CT molecular complexity index is 311. The number of hydrogen-bond acceptors (Lipinski definition) is 1. The predicted molar refractivity (Wildman–Crippen MR) is 44.4 cm³/mol. The Morgan fingerprint density at radius 1 is 1.06 bits per heavy atom. The molecular weight excluding hydrogens is 279 g/mol. The molecule has 1 heterocycles. The normalized spacial score (nSPS) is 40.9. The molecule has 100 valence electrons. The molecule has 0 aromatic rings. The van der Waals surface area contributed by atoms with Crippen molar-refractivity contribution in [2.45, 2.75) is 41.9 Å². The molecule has 2 rings (SSSR count). The Labute approximate surface area is 96.3 Å². The number of rotatable bonds is 0. The first-order chi connectivity index (χ1) is 7.52. The van der Waals surface area contributed by atoms with E-state index >= 15 is 0 Å². The smallest absolute Gasteiger partial charge is 0.289 e. The van der Waals surface area contributed by atoms with Gasteiger partial charge in [-0.15, -0.1) is 11.6 Å². The summed E-state index contributed by atoms with van der Waals surface area (Å²) in [6, 6.07) is -1.61. The van der Waals surface area contributed by atoms with Crippen molar-refractivity contribution < 1.29 is 30.7 Å². The van der Waals surface area contributed by atoms with E-state index in [1.807, 2.05) is 0 Å². The first kappa shape index (κ1) is 13.2. The summed E-state index contributed by atoms with van der Waals surface area (Å²) < 4.78 is 89.3. The van der Waals surface area contributed by atoms with E-state index in [2.05, 4.69) is 0 Å². The Morgan fingerprint density at radius 3 is 1.76 bits per heavy atom. The fourth-order valence-corrected chi connectivity index (χ4v) is 3.18. The van der Waals surface area contributed by atoms with Gasteiger partial charge in [0.05, 0.1) is 11.4 Å². The van der Waals surface area contributed by atoms with Gasteiger partial charge in [-0.2, -0.15) is 26.3 Å². The molecule has 0 unspecified atom stereocenters. The molecule has 1 saturated heterocycles. The molecule has 1 aliphatic heterocycles. The molecule has 1 nitrogen and oxygen atoms in total. The number of fused-ring (bicyclic) bond motifs is 2. The van der Waals surface area contributed by atoms with Crippen LogP contribution in [0, 0.1) is 5.92 Å². The van der Waals surface area contributed by atoms with E-state index in [4.69, 9.17) is 11.6 Å². The number of alkyl halides is 8. The summed E-state index contributed by atoms with van der Waals surface area (Å²) in [7, 11) is 0. The quantitative estimate of drug-likeness (QED) is 0.533. The van der Waals surface area contributed by atoms with Gasteiger partial charge in [-0.3, -0.25) is 5.32 Å². The van der Waals surface area contributed by atoms with Crippen LogP contribution < -0.4 is 5.32 Å². The Balaban J connectivity index is 2.48. The maximum Gasteiger partial charge on any atom is 0.415 e. The highest BCUT2D eigenvalue weighted by molar-refractivity contribution is 6.22. The van der Waals surface area contributed by atoms with Crippen molar-refractivity contribution in [3.8, 4) is 0 Å². The second kappa shape index (κ2) is 3.40. The molecule has 2 fully saturated rings. The van der Waals surface area contributed by atoms with Crippen LogP contribution >= 0.6 is 11.6 Å². The fraction of sp³-hybridized carbons (Fsp3) is 1.00. The minimum absolute atomic E-state index is 0.829. The van der Waals surface area contributed by atoms with Gasteiger partial charge in [0.15, 0.2) is 0 Å². The number of hydrogen-bond donors (Lipinski definition) is 1. The van der Waals surface area contributed by atoms with Crippen molar-refractivity contribution in [2.75, 3.05) is 0 Å². The van der Waals surface area contributed by atoms with Crippen molar-refractivity contribution >= 4 is 11.6 Å². The molecule has 9 heteroatoms. The van der Waals surface area contributed by atoms with Crippen LogP contribution in [0.25, 0.3) is 0 Å². The van der Waals surface area contributed by atoms with Crippen molar-refractivity contribution in [1.82, 2.24) is 5.32 Å². The first-order valence-electron chi connectivity index (χ1n) is 4.71. The van der Waals surface area contributed by atoms with Gasteiger partial charge in [0, 0.05) is 5.92 Å². The van der Waals surface area contributed by atoms with Gasteiger partial charge in [-0.05, 0) is 6.42 Å². The third kappa shape index (κ3) is 1.49. The molecule has 0 spiro atoms. The monoisotopic (exact) mass is 285 g/mol. The summed E-state index contributed by atoms with van der Waals surface area (Å²) in [5, 5.41) is -0.180. The van der Waals surface area contributed by atoms with Crippen LogP contribution in [0.4, 0.5) is 30.7 Å². The van der Waals surface area contributed by atoms with Crippen molar-refractivity contribution in [2.24, 2.45) is 5.92 Å². The molecule has 0 amide bonds. The van der Waals surface area contributed by atoms with E-state index in [0.29, 0.717) is 0 Å². The SMILES string of the molecule is F[C@@H]1C[C@H]2[C@@H](Cl)[C@H]1NC2(C(F)(F)F)C(F)(F)F. The van der Waals surface area contributed by atoms with Crippen molar-refractivity contribution in [3.63, 3.8) is 0 Å². The molecular formula is C8H7ClF7N. The number of nitrogens with one attached hydrogen (secondary N) is 1. The first-order valence-corrected chi connectivity index (χ1v) is 5.15. The summed E-state index contributed by atoms with van der Waals surface area (Å²) in [6.45, 7) is 0. The maximum absolute atomic E-state index is 13.1. The summed E-state index contributed by atoms with van der Waals surface area (Å²) in [5.41, 5.74) is -4.08. The van der Waals surface area contributed by atoms with Gasteiger partial charge in [0.2, 0.25) is 5.54 Å². The van der Waals surface area contributed by atoms with E-state index < -0.39 is 47.8 Å². The van der Waals surface area contributed by atoms with E-state index in [0.717, 1.165) is 0 Å². The predicted octanol–water partition coefficient (Wildman–Crippen LogP) is 2.79. The molecule has 17 heavy (non-hydrogen) atoms. The summed E-state index contributed by atoms with van der Waals surface area (Å²) in [6.07, 6.45) is -13.7. The zero-order chi connectivity index (χ0) is 13.2. The molecule has 1 N–H and O–H groups in total. The minimum atomic E-state index is -5.56. The zero-order valence-electron chi connectivity index (χ0n) is 8.04. The topological polar surface area (TPSA) is 12.0 Å². The standard InChI is InChI=1S/C8H7ClF7N/c9-4-2-1-3(10)5(4)17-6(2,7(11,12)13)8(14,15)16/h2-5,17H,1H2/t2-,3+,4+,5-/m0/s1. The molecule has 4 atom stereocenters. The van der Waals surface area contributed by atoms with Gasteiger partial charge in [0.25, 0.3) is 0 Å². The fourth-order valence-electron chi connectivity index (χ4n) is 2.67. The average Bonchev–Trinajstić information content (AvgIpc) is 2.53.